The van der Waals surface area contributed by atoms with Crippen LogP contribution in [0.4, 0.5) is 0 Å². The summed E-state index contributed by atoms with van der Waals surface area (Å²) in [7, 11) is 3.83. The summed E-state index contributed by atoms with van der Waals surface area (Å²) in [6.07, 6.45) is 1.58. The highest BCUT2D eigenvalue weighted by molar-refractivity contribution is 7.81. The van der Waals surface area contributed by atoms with E-state index in [4.69, 9.17) is 0 Å². The van der Waals surface area contributed by atoms with Gasteiger partial charge in [-0.15, -0.1) is 0 Å². The highest BCUT2D eigenvalue weighted by Gasteiger charge is 1.90. The van der Waals surface area contributed by atoms with Crippen LogP contribution in [-0.2, 0) is 4.79 Å². The molecule has 0 aromatic rings. The van der Waals surface area contributed by atoms with E-state index >= 15 is 0 Å². The van der Waals surface area contributed by atoms with Gasteiger partial charge < -0.3 is 4.90 Å². The molecular weight excluding hydrogens is 148 g/mol. The molecule has 4 heteroatoms. The quantitative estimate of drug-likeness (QED) is 0.468. The zero-order valence-electron chi connectivity index (χ0n) is 6.24. The average Bonchev–Trinajstić information content (AvgIpc) is 1.87. The molecule has 0 bridgehead atoms. The van der Waals surface area contributed by atoms with Crippen molar-refractivity contribution in [3.63, 3.8) is 0 Å². The van der Waals surface area contributed by atoms with E-state index in [9.17, 15) is 4.79 Å². The van der Waals surface area contributed by atoms with Crippen molar-refractivity contribution in [3.8, 4) is 0 Å². The van der Waals surface area contributed by atoms with Crippen molar-refractivity contribution >= 4 is 24.8 Å². The summed E-state index contributed by atoms with van der Waals surface area (Å²) in [6, 6.07) is 0. The highest BCUT2D eigenvalue weighted by Crippen LogP contribution is 1.78. The van der Waals surface area contributed by atoms with E-state index in [1.54, 1.807) is 6.21 Å². The maximum atomic E-state index is 10.5. The second-order valence-electron chi connectivity index (χ2n) is 2.13. The van der Waals surface area contributed by atoms with Crippen LogP contribution in [0.2, 0.25) is 0 Å². The predicted octanol–water partition coefficient (Wildman–Crippen LogP) is 0.0752. The number of hydrogen-bond acceptors (Lipinski definition) is 3. The Hall–Kier alpha value is -0.350. The maximum Gasteiger partial charge on any atom is 0.255 e. The third-order valence-corrected chi connectivity index (χ3v) is 1.09. The van der Waals surface area contributed by atoms with Crippen LogP contribution in [0.15, 0.2) is 4.99 Å². The first-order valence-corrected chi connectivity index (χ1v) is 3.61. The van der Waals surface area contributed by atoms with Gasteiger partial charge in [-0.3, -0.25) is 4.79 Å². The molecule has 1 amide bonds. The SMILES string of the molecule is CN(C)CC=NC(=O)CS. The van der Waals surface area contributed by atoms with E-state index in [0.717, 1.165) is 0 Å². The van der Waals surface area contributed by atoms with Gasteiger partial charge in [-0.25, -0.2) is 4.99 Å². The first-order valence-electron chi connectivity index (χ1n) is 2.97. The van der Waals surface area contributed by atoms with E-state index in [2.05, 4.69) is 17.6 Å². The standard InChI is InChI=1S/C6H12N2OS/c1-8(2)4-3-7-6(9)5-10/h3,10H,4-5H2,1-2H3. The number of thiol groups is 1. The van der Waals surface area contributed by atoms with E-state index in [1.165, 1.54) is 0 Å². The maximum absolute atomic E-state index is 10.5. The molecule has 58 valence electrons. The van der Waals surface area contributed by atoms with E-state index in [1.807, 2.05) is 19.0 Å². The molecule has 0 unspecified atom stereocenters. The zero-order valence-corrected chi connectivity index (χ0v) is 7.14. The number of amides is 1. The van der Waals surface area contributed by atoms with Gasteiger partial charge in [-0.1, -0.05) is 0 Å². The average molecular weight is 160 g/mol. The molecule has 0 spiro atoms. The Morgan fingerprint density at radius 3 is 2.70 bits per heavy atom. The van der Waals surface area contributed by atoms with Gasteiger partial charge in [0.05, 0.1) is 5.75 Å². The Kier molecular flexibility index (Phi) is 5.25. The first kappa shape index (κ1) is 9.65. The van der Waals surface area contributed by atoms with Crippen molar-refractivity contribution < 1.29 is 4.79 Å². The minimum Gasteiger partial charge on any atom is -0.304 e. The molecule has 3 nitrogen and oxygen atoms in total. The summed E-state index contributed by atoms with van der Waals surface area (Å²) in [5.41, 5.74) is 0. The third kappa shape index (κ3) is 5.78. The van der Waals surface area contributed by atoms with Crippen molar-refractivity contribution in [2.45, 2.75) is 0 Å². The number of nitrogens with zero attached hydrogens (tertiary/aromatic N) is 2. The molecule has 0 atom stereocenters. The van der Waals surface area contributed by atoms with E-state index in [-0.39, 0.29) is 11.7 Å². The fraction of sp³-hybridized carbons (Fsp3) is 0.667. The van der Waals surface area contributed by atoms with Crippen molar-refractivity contribution in [3.05, 3.63) is 0 Å². The van der Waals surface area contributed by atoms with Crippen LogP contribution in [0.1, 0.15) is 0 Å². The topological polar surface area (TPSA) is 32.7 Å². The van der Waals surface area contributed by atoms with Crippen LogP contribution in [0.25, 0.3) is 0 Å². The van der Waals surface area contributed by atoms with Crippen LogP contribution in [0, 0.1) is 0 Å². The molecule has 0 radical (unpaired) electrons. The Balaban J connectivity index is 3.46. The number of carbonyl (C=O) groups is 1. The lowest BCUT2D eigenvalue weighted by molar-refractivity contribution is -0.115. The smallest absolute Gasteiger partial charge is 0.255 e. The molecule has 0 N–H and O–H groups in total. The molecule has 0 rings (SSSR count). The first-order chi connectivity index (χ1) is 4.66. The number of carbonyl (C=O) groups excluding carboxylic acids is 1. The van der Waals surface area contributed by atoms with Gasteiger partial charge in [-0.05, 0) is 14.1 Å². The Bertz CT molecular complexity index is 134. The van der Waals surface area contributed by atoms with Gasteiger partial charge in [0.15, 0.2) is 0 Å². The molecule has 0 saturated heterocycles. The summed E-state index contributed by atoms with van der Waals surface area (Å²) < 4.78 is 0. The summed E-state index contributed by atoms with van der Waals surface area (Å²) >= 11 is 3.76. The molecule has 0 fully saturated rings. The molecule has 0 aliphatic heterocycles. The molecule has 10 heavy (non-hydrogen) atoms. The fourth-order valence-electron chi connectivity index (χ4n) is 0.347. The van der Waals surface area contributed by atoms with Crippen LogP contribution < -0.4 is 0 Å². The van der Waals surface area contributed by atoms with Crippen molar-refractivity contribution in [2.24, 2.45) is 4.99 Å². The third-order valence-electron chi connectivity index (χ3n) is 0.817. The molecule has 0 aromatic carbocycles. The number of rotatable bonds is 3. The summed E-state index contributed by atoms with van der Waals surface area (Å²) in [6.45, 7) is 0.694. The monoisotopic (exact) mass is 160 g/mol. The Labute approximate surface area is 66.5 Å². The second-order valence-corrected chi connectivity index (χ2v) is 2.44. The lowest BCUT2D eigenvalue weighted by Gasteiger charge is -2.01. The van der Waals surface area contributed by atoms with Crippen molar-refractivity contribution in [1.82, 2.24) is 4.90 Å². The van der Waals surface area contributed by atoms with Gasteiger partial charge in [-0.2, -0.15) is 12.6 Å². The molecule has 0 heterocycles. The largest absolute Gasteiger partial charge is 0.304 e. The lowest BCUT2D eigenvalue weighted by atomic mass is 10.6. The molecule has 0 aliphatic rings. The predicted molar refractivity (Wildman–Crippen MR) is 45.9 cm³/mol. The molecule has 0 saturated carbocycles. The minimum absolute atomic E-state index is 0.184. The minimum atomic E-state index is -0.190. The Morgan fingerprint density at radius 2 is 2.30 bits per heavy atom. The van der Waals surface area contributed by atoms with Gasteiger partial charge >= 0.3 is 0 Å². The summed E-state index contributed by atoms with van der Waals surface area (Å²) in [4.78, 5) is 16.0. The molecular formula is C6H12N2OS. The lowest BCUT2D eigenvalue weighted by Crippen LogP contribution is -2.14. The van der Waals surface area contributed by atoms with Gasteiger partial charge in [0.25, 0.3) is 5.91 Å². The number of aliphatic imine (C=N–C) groups is 1. The fourth-order valence-corrected chi connectivity index (χ4v) is 0.428. The summed E-state index contributed by atoms with van der Waals surface area (Å²) in [5.74, 6) is -0.00519. The van der Waals surface area contributed by atoms with Crippen LogP contribution in [-0.4, -0.2) is 43.4 Å². The van der Waals surface area contributed by atoms with Crippen LogP contribution in [0.3, 0.4) is 0 Å². The zero-order chi connectivity index (χ0) is 7.98. The second kappa shape index (κ2) is 5.44. The molecule has 0 aliphatic carbocycles. The van der Waals surface area contributed by atoms with Crippen LogP contribution in [0.5, 0.6) is 0 Å². The van der Waals surface area contributed by atoms with Gasteiger partial charge in [0.1, 0.15) is 0 Å². The van der Waals surface area contributed by atoms with Crippen molar-refractivity contribution in [1.29, 1.82) is 0 Å². The number of hydrogen-bond donors (Lipinski definition) is 1. The normalized spacial score (nSPS) is 11.2. The highest BCUT2D eigenvalue weighted by atomic mass is 32.1. The van der Waals surface area contributed by atoms with E-state index in [0.29, 0.717) is 6.54 Å². The van der Waals surface area contributed by atoms with Crippen LogP contribution >= 0.6 is 12.6 Å². The van der Waals surface area contributed by atoms with Crippen molar-refractivity contribution in [2.75, 3.05) is 26.4 Å². The Morgan fingerprint density at radius 1 is 1.70 bits per heavy atom. The van der Waals surface area contributed by atoms with Gasteiger partial charge in [0.2, 0.25) is 0 Å². The summed E-state index contributed by atoms with van der Waals surface area (Å²) in [5, 5.41) is 0. The molecule has 0 aromatic heterocycles. The van der Waals surface area contributed by atoms with Gasteiger partial charge in [0, 0.05) is 12.8 Å². The van der Waals surface area contributed by atoms with E-state index < -0.39 is 0 Å².